The molecule has 10 heteroatoms. The van der Waals surface area contributed by atoms with Crippen LogP contribution in [0.15, 0.2) is 49.1 Å². The van der Waals surface area contributed by atoms with E-state index in [2.05, 4.69) is 36.2 Å². The molecule has 0 spiro atoms. The van der Waals surface area contributed by atoms with Crippen molar-refractivity contribution in [1.29, 1.82) is 5.26 Å². The first kappa shape index (κ1) is 22.9. The van der Waals surface area contributed by atoms with E-state index in [9.17, 15) is 10.1 Å². The van der Waals surface area contributed by atoms with E-state index in [-0.39, 0.29) is 6.09 Å². The number of hydrogen-bond donors (Lipinski definition) is 1. The Kier molecular flexibility index (Phi) is 6.54. The molecule has 1 aliphatic heterocycles. The summed E-state index contributed by atoms with van der Waals surface area (Å²) in [5.74, 6) is 1.82. The van der Waals surface area contributed by atoms with Crippen LogP contribution in [0.4, 0.5) is 22.2 Å². The Labute approximate surface area is 198 Å². The average Bonchev–Trinajstić information content (AvgIpc) is 2.83. The van der Waals surface area contributed by atoms with Crippen molar-refractivity contribution in [3.8, 4) is 17.3 Å². The molecule has 0 saturated carbocycles. The van der Waals surface area contributed by atoms with E-state index in [0.717, 1.165) is 11.4 Å². The number of piperazine rings is 1. The van der Waals surface area contributed by atoms with Crippen LogP contribution in [0.1, 0.15) is 26.3 Å². The van der Waals surface area contributed by atoms with Crippen LogP contribution >= 0.6 is 0 Å². The highest BCUT2D eigenvalue weighted by Gasteiger charge is 2.26. The monoisotopic (exact) mass is 458 g/mol. The number of rotatable bonds is 4. The summed E-state index contributed by atoms with van der Waals surface area (Å²) < 4.78 is 5.47. The SMILES string of the molecule is CC(C)(C)OC(=O)N1CCN(c2cc(-c3cc(C#N)cc(Nc4cnccn4)n3)ccn2)CC1. The lowest BCUT2D eigenvalue weighted by Crippen LogP contribution is -2.50. The van der Waals surface area contributed by atoms with Gasteiger partial charge in [0.2, 0.25) is 0 Å². The quantitative estimate of drug-likeness (QED) is 0.625. The molecule has 3 aromatic rings. The topological polar surface area (TPSA) is 120 Å². The molecule has 0 atom stereocenters. The molecule has 0 radical (unpaired) electrons. The number of nitrogens with one attached hydrogen (secondary N) is 1. The van der Waals surface area contributed by atoms with Crippen LogP contribution in [-0.2, 0) is 4.74 Å². The van der Waals surface area contributed by atoms with Gasteiger partial charge in [-0.1, -0.05) is 0 Å². The molecule has 0 bridgehead atoms. The molecular formula is C24H26N8O2. The van der Waals surface area contributed by atoms with Gasteiger partial charge < -0.3 is 19.9 Å². The number of ether oxygens (including phenoxy) is 1. The third kappa shape index (κ3) is 5.75. The fourth-order valence-corrected chi connectivity index (χ4v) is 3.50. The Morgan fingerprint density at radius 3 is 2.53 bits per heavy atom. The van der Waals surface area contributed by atoms with E-state index in [4.69, 9.17) is 4.74 Å². The van der Waals surface area contributed by atoms with Crippen molar-refractivity contribution < 1.29 is 9.53 Å². The normalized spacial score (nSPS) is 13.8. The number of amides is 1. The molecule has 34 heavy (non-hydrogen) atoms. The van der Waals surface area contributed by atoms with E-state index in [1.165, 1.54) is 0 Å². The van der Waals surface area contributed by atoms with E-state index in [1.54, 1.807) is 41.8 Å². The van der Waals surface area contributed by atoms with Crippen molar-refractivity contribution >= 4 is 23.5 Å². The van der Waals surface area contributed by atoms with Crippen LogP contribution in [0, 0.1) is 11.3 Å². The summed E-state index contributed by atoms with van der Waals surface area (Å²) in [5.41, 5.74) is 1.43. The third-order valence-electron chi connectivity index (χ3n) is 5.07. The highest BCUT2D eigenvalue weighted by molar-refractivity contribution is 5.70. The van der Waals surface area contributed by atoms with Crippen LogP contribution in [0.2, 0.25) is 0 Å². The number of pyridine rings is 2. The highest BCUT2D eigenvalue weighted by atomic mass is 16.6. The summed E-state index contributed by atoms with van der Waals surface area (Å²) in [6.07, 6.45) is 6.18. The molecule has 1 fully saturated rings. The summed E-state index contributed by atoms with van der Waals surface area (Å²) in [6.45, 7) is 7.96. The van der Waals surface area contributed by atoms with E-state index < -0.39 is 5.60 Å². The molecule has 3 aromatic heterocycles. The molecular weight excluding hydrogens is 432 g/mol. The van der Waals surface area contributed by atoms with E-state index >= 15 is 0 Å². The zero-order valence-electron chi connectivity index (χ0n) is 19.4. The first-order chi connectivity index (χ1) is 16.3. The third-order valence-corrected chi connectivity index (χ3v) is 5.07. The second-order valence-corrected chi connectivity index (χ2v) is 8.81. The number of hydrogen-bond acceptors (Lipinski definition) is 9. The number of anilines is 3. The number of carbonyl (C=O) groups is 1. The largest absolute Gasteiger partial charge is 0.444 e. The van der Waals surface area contributed by atoms with Crippen LogP contribution < -0.4 is 10.2 Å². The van der Waals surface area contributed by atoms with Gasteiger partial charge in [0.25, 0.3) is 0 Å². The zero-order valence-corrected chi connectivity index (χ0v) is 19.4. The van der Waals surface area contributed by atoms with Crippen LogP contribution in [0.5, 0.6) is 0 Å². The lowest BCUT2D eigenvalue weighted by Gasteiger charge is -2.36. The van der Waals surface area contributed by atoms with Crippen molar-refractivity contribution in [3.63, 3.8) is 0 Å². The van der Waals surface area contributed by atoms with Gasteiger partial charge in [0.05, 0.1) is 23.5 Å². The Balaban J connectivity index is 1.50. The van der Waals surface area contributed by atoms with Crippen LogP contribution in [-0.4, -0.2) is 62.7 Å². The molecule has 4 rings (SSSR count). The molecule has 0 unspecified atom stereocenters. The zero-order chi connectivity index (χ0) is 24.1. The molecule has 10 nitrogen and oxygen atoms in total. The average molecular weight is 459 g/mol. The molecule has 4 heterocycles. The summed E-state index contributed by atoms with van der Waals surface area (Å²) in [7, 11) is 0. The van der Waals surface area contributed by atoms with Gasteiger partial charge in [0.1, 0.15) is 23.1 Å². The predicted octanol–water partition coefficient (Wildman–Crippen LogP) is 3.61. The summed E-state index contributed by atoms with van der Waals surface area (Å²) in [4.78, 5) is 33.6. The summed E-state index contributed by atoms with van der Waals surface area (Å²) >= 11 is 0. The van der Waals surface area contributed by atoms with Gasteiger partial charge in [-0.15, -0.1) is 0 Å². The minimum Gasteiger partial charge on any atom is -0.444 e. The Hall–Kier alpha value is -4.26. The molecule has 0 aromatic carbocycles. The Morgan fingerprint density at radius 1 is 1.06 bits per heavy atom. The van der Waals surface area contributed by atoms with Gasteiger partial charge >= 0.3 is 6.09 Å². The number of aromatic nitrogens is 4. The smallest absolute Gasteiger partial charge is 0.410 e. The second kappa shape index (κ2) is 9.70. The van der Waals surface area contributed by atoms with Crippen molar-refractivity contribution in [2.45, 2.75) is 26.4 Å². The fourth-order valence-electron chi connectivity index (χ4n) is 3.50. The van der Waals surface area contributed by atoms with Crippen molar-refractivity contribution in [2.24, 2.45) is 0 Å². The minimum absolute atomic E-state index is 0.297. The maximum Gasteiger partial charge on any atom is 0.410 e. The Bertz CT molecular complexity index is 1200. The molecule has 1 aliphatic rings. The number of carbonyl (C=O) groups excluding carboxylic acids is 1. The van der Waals surface area contributed by atoms with Gasteiger partial charge in [-0.25, -0.2) is 19.7 Å². The van der Waals surface area contributed by atoms with Gasteiger partial charge in [-0.2, -0.15) is 5.26 Å². The van der Waals surface area contributed by atoms with Gasteiger partial charge in [0, 0.05) is 50.3 Å². The maximum atomic E-state index is 12.3. The summed E-state index contributed by atoms with van der Waals surface area (Å²) in [5, 5.41) is 12.6. The molecule has 174 valence electrons. The van der Waals surface area contributed by atoms with E-state index in [1.807, 2.05) is 32.9 Å². The molecule has 1 saturated heterocycles. The molecule has 1 amide bonds. The van der Waals surface area contributed by atoms with Crippen molar-refractivity contribution in [1.82, 2.24) is 24.8 Å². The predicted molar refractivity (Wildman–Crippen MR) is 128 cm³/mol. The second-order valence-electron chi connectivity index (χ2n) is 8.81. The van der Waals surface area contributed by atoms with Crippen molar-refractivity contribution in [2.75, 3.05) is 36.4 Å². The van der Waals surface area contributed by atoms with Gasteiger partial charge in [-0.3, -0.25) is 4.98 Å². The molecule has 0 aliphatic carbocycles. The first-order valence-corrected chi connectivity index (χ1v) is 11.0. The minimum atomic E-state index is -0.518. The molecule has 1 N–H and O–H groups in total. The maximum absolute atomic E-state index is 12.3. The number of nitrogens with zero attached hydrogens (tertiary/aromatic N) is 7. The first-order valence-electron chi connectivity index (χ1n) is 11.0. The lowest BCUT2D eigenvalue weighted by molar-refractivity contribution is 0.0240. The lowest BCUT2D eigenvalue weighted by atomic mass is 10.1. The standard InChI is InChI=1S/C24H26N8O2/c1-24(2,3)34-23(33)32-10-8-31(9-11-32)22-14-18(4-5-28-22)19-12-17(15-25)13-20(29-19)30-21-16-26-6-7-27-21/h4-7,12-14,16H,8-11H2,1-3H3,(H,27,29,30). The fraction of sp³-hybridized carbons (Fsp3) is 0.333. The van der Waals surface area contributed by atoms with Gasteiger partial charge in [-0.05, 0) is 45.0 Å². The van der Waals surface area contributed by atoms with E-state index in [0.29, 0.717) is 49.1 Å². The summed E-state index contributed by atoms with van der Waals surface area (Å²) in [6, 6.07) is 9.38. The van der Waals surface area contributed by atoms with Crippen LogP contribution in [0.3, 0.4) is 0 Å². The van der Waals surface area contributed by atoms with Crippen LogP contribution in [0.25, 0.3) is 11.3 Å². The highest BCUT2D eigenvalue weighted by Crippen LogP contribution is 2.26. The van der Waals surface area contributed by atoms with Crippen molar-refractivity contribution in [3.05, 3.63) is 54.6 Å². The number of nitriles is 1. The Morgan fingerprint density at radius 2 is 1.85 bits per heavy atom. The van der Waals surface area contributed by atoms with Gasteiger partial charge in [0.15, 0.2) is 0 Å².